The van der Waals surface area contributed by atoms with Gasteiger partial charge in [0, 0.05) is 19.3 Å². The van der Waals surface area contributed by atoms with Crippen molar-refractivity contribution in [2.24, 2.45) is 0 Å². The average Bonchev–Trinajstić information content (AvgIpc) is 2.50. The lowest BCUT2D eigenvalue weighted by atomic mass is 10.1. The molecule has 0 atom stereocenters. The molecule has 4 heteroatoms. The van der Waals surface area contributed by atoms with Crippen LogP contribution in [-0.4, -0.2) is 21.1 Å². The third kappa shape index (κ3) is 1.21. The zero-order valence-corrected chi connectivity index (χ0v) is 8.82. The van der Waals surface area contributed by atoms with Crippen molar-refractivity contribution >= 4 is 16.9 Å². The van der Waals surface area contributed by atoms with Crippen molar-refractivity contribution in [3.05, 3.63) is 18.1 Å². The van der Waals surface area contributed by atoms with Gasteiger partial charge in [0.15, 0.2) is 0 Å². The molecule has 0 unspecified atom stereocenters. The van der Waals surface area contributed by atoms with Gasteiger partial charge in [-0.15, -0.1) is 0 Å². The highest BCUT2D eigenvalue weighted by Gasteiger charge is 2.15. The molecule has 4 nitrogen and oxygen atoms in total. The van der Waals surface area contributed by atoms with E-state index in [9.17, 15) is 0 Å². The van der Waals surface area contributed by atoms with Crippen LogP contribution in [-0.2, 0) is 13.0 Å². The predicted molar refractivity (Wildman–Crippen MR) is 60.0 cm³/mol. The van der Waals surface area contributed by atoms with Gasteiger partial charge in [0.25, 0.3) is 0 Å². The molecule has 0 amide bonds. The summed E-state index contributed by atoms with van der Waals surface area (Å²) in [7, 11) is 0. The standard InChI is InChI=1S/C11H14N4/c1-2-15-6-8-4-3-5-12-10-9(8)11(15)14-7-13-10/h6-7H,2-5H2,1H3,(H,12,13,14). The van der Waals surface area contributed by atoms with Crippen LogP contribution in [0.4, 0.5) is 5.82 Å². The second-order valence-electron chi connectivity index (χ2n) is 3.89. The van der Waals surface area contributed by atoms with Crippen LogP contribution in [0.3, 0.4) is 0 Å². The van der Waals surface area contributed by atoms with Gasteiger partial charge in [-0.3, -0.25) is 0 Å². The van der Waals surface area contributed by atoms with E-state index >= 15 is 0 Å². The van der Waals surface area contributed by atoms with Crippen LogP contribution in [0.2, 0.25) is 0 Å². The fourth-order valence-corrected chi connectivity index (χ4v) is 2.25. The summed E-state index contributed by atoms with van der Waals surface area (Å²) >= 11 is 0. The highest BCUT2D eigenvalue weighted by atomic mass is 15.1. The molecule has 0 fully saturated rings. The molecule has 2 aromatic rings. The van der Waals surface area contributed by atoms with Crippen LogP contribution in [0.5, 0.6) is 0 Å². The maximum atomic E-state index is 4.37. The Balaban J connectivity index is 2.36. The molecule has 15 heavy (non-hydrogen) atoms. The molecule has 0 aromatic carbocycles. The first-order chi connectivity index (χ1) is 7.40. The van der Waals surface area contributed by atoms with Crippen molar-refractivity contribution < 1.29 is 0 Å². The van der Waals surface area contributed by atoms with E-state index in [1.807, 2.05) is 0 Å². The summed E-state index contributed by atoms with van der Waals surface area (Å²) in [6, 6.07) is 0. The molecule has 0 radical (unpaired) electrons. The summed E-state index contributed by atoms with van der Waals surface area (Å²) in [6.45, 7) is 4.12. The number of nitrogens with one attached hydrogen (secondary N) is 1. The molecular weight excluding hydrogens is 188 g/mol. The smallest absolute Gasteiger partial charge is 0.145 e. The molecule has 3 heterocycles. The van der Waals surface area contributed by atoms with E-state index in [1.54, 1.807) is 6.33 Å². The van der Waals surface area contributed by atoms with Gasteiger partial charge in [-0.05, 0) is 25.3 Å². The first-order valence-corrected chi connectivity index (χ1v) is 5.46. The van der Waals surface area contributed by atoms with E-state index in [1.165, 1.54) is 17.4 Å². The third-order valence-corrected chi connectivity index (χ3v) is 2.99. The minimum absolute atomic E-state index is 0.965. The fourth-order valence-electron chi connectivity index (χ4n) is 2.25. The quantitative estimate of drug-likeness (QED) is 0.767. The molecule has 0 bridgehead atoms. The monoisotopic (exact) mass is 202 g/mol. The van der Waals surface area contributed by atoms with E-state index in [4.69, 9.17) is 0 Å². The lowest BCUT2D eigenvalue weighted by Crippen LogP contribution is -2.03. The van der Waals surface area contributed by atoms with Gasteiger partial charge in [0.05, 0.1) is 5.39 Å². The van der Waals surface area contributed by atoms with Crippen LogP contribution < -0.4 is 5.32 Å². The summed E-state index contributed by atoms with van der Waals surface area (Å²) in [5.41, 5.74) is 2.44. The number of anilines is 1. The topological polar surface area (TPSA) is 42.7 Å². The summed E-state index contributed by atoms with van der Waals surface area (Å²) in [5, 5.41) is 4.58. The zero-order valence-electron chi connectivity index (χ0n) is 8.82. The number of hydrogen-bond donors (Lipinski definition) is 1. The first kappa shape index (κ1) is 8.71. The van der Waals surface area contributed by atoms with E-state index in [2.05, 4.69) is 33.0 Å². The van der Waals surface area contributed by atoms with E-state index < -0.39 is 0 Å². The minimum atomic E-state index is 0.965. The van der Waals surface area contributed by atoms with Crippen LogP contribution in [0.1, 0.15) is 18.9 Å². The Labute approximate surface area is 88.3 Å². The summed E-state index contributed by atoms with van der Waals surface area (Å²) in [4.78, 5) is 8.68. The number of nitrogens with zero attached hydrogens (tertiary/aromatic N) is 3. The number of aromatic nitrogens is 3. The maximum absolute atomic E-state index is 4.37. The normalized spacial score (nSPS) is 15.0. The van der Waals surface area contributed by atoms with Gasteiger partial charge in [0.2, 0.25) is 0 Å². The van der Waals surface area contributed by atoms with Crippen molar-refractivity contribution in [1.29, 1.82) is 0 Å². The molecule has 1 aliphatic heterocycles. The Kier molecular flexibility index (Phi) is 1.87. The molecule has 0 aliphatic carbocycles. The number of hydrogen-bond acceptors (Lipinski definition) is 3. The Hall–Kier alpha value is -1.58. The zero-order chi connectivity index (χ0) is 10.3. The Morgan fingerprint density at radius 3 is 3.27 bits per heavy atom. The molecule has 0 saturated carbocycles. The SMILES string of the molecule is CCn1cc2c3c(ncnc31)NCCC2. The van der Waals surface area contributed by atoms with Crippen LogP contribution in [0.25, 0.3) is 11.0 Å². The van der Waals surface area contributed by atoms with Crippen LogP contribution in [0, 0.1) is 0 Å². The maximum Gasteiger partial charge on any atom is 0.145 e. The Morgan fingerprint density at radius 2 is 2.40 bits per heavy atom. The van der Waals surface area contributed by atoms with E-state index in [-0.39, 0.29) is 0 Å². The number of aryl methyl sites for hydroxylation is 2. The molecule has 78 valence electrons. The molecule has 1 N–H and O–H groups in total. The molecule has 3 rings (SSSR count). The van der Waals surface area contributed by atoms with Gasteiger partial charge in [-0.2, -0.15) is 0 Å². The van der Waals surface area contributed by atoms with Gasteiger partial charge >= 0.3 is 0 Å². The molecular formula is C11H14N4. The van der Waals surface area contributed by atoms with E-state index in [0.29, 0.717) is 0 Å². The summed E-state index contributed by atoms with van der Waals surface area (Å²) in [6.07, 6.45) is 6.15. The first-order valence-electron chi connectivity index (χ1n) is 5.46. The third-order valence-electron chi connectivity index (χ3n) is 2.99. The minimum Gasteiger partial charge on any atom is -0.369 e. The Bertz CT molecular complexity index is 501. The summed E-state index contributed by atoms with van der Waals surface area (Å²) in [5.74, 6) is 1.000. The van der Waals surface area contributed by atoms with Crippen molar-refractivity contribution in [2.75, 3.05) is 11.9 Å². The lowest BCUT2D eigenvalue weighted by Gasteiger charge is -2.04. The molecule has 1 aliphatic rings. The van der Waals surface area contributed by atoms with Crippen molar-refractivity contribution in [3.8, 4) is 0 Å². The second kappa shape index (κ2) is 3.22. The lowest BCUT2D eigenvalue weighted by molar-refractivity contribution is 0.774. The van der Waals surface area contributed by atoms with Gasteiger partial charge < -0.3 is 9.88 Å². The van der Waals surface area contributed by atoms with Crippen molar-refractivity contribution in [2.45, 2.75) is 26.3 Å². The number of rotatable bonds is 1. The fraction of sp³-hybridized carbons (Fsp3) is 0.455. The average molecular weight is 202 g/mol. The highest BCUT2D eigenvalue weighted by molar-refractivity contribution is 5.91. The van der Waals surface area contributed by atoms with Crippen LogP contribution in [0.15, 0.2) is 12.5 Å². The predicted octanol–water partition coefficient (Wildman–Crippen LogP) is 1.81. The van der Waals surface area contributed by atoms with Gasteiger partial charge in [0.1, 0.15) is 17.8 Å². The van der Waals surface area contributed by atoms with Crippen molar-refractivity contribution in [1.82, 2.24) is 14.5 Å². The largest absolute Gasteiger partial charge is 0.369 e. The molecule has 0 saturated heterocycles. The highest BCUT2D eigenvalue weighted by Crippen LogP contribution is 2.28. The van der Waals surface area contributed by atoms with Gasteiger partial charge in [-0.25, -0.2) is 9.97 Å². The van der Waals surface area contributed by atoms with E-state index in [0.717, 1.165) is 31.0 Å². The van der Waals surface area contributed by atoms with Gasteiger partial charge in [-0.1, -0.05) is 0 Å². The second-order valence-corrected chi connectivity index (χ2v) is 3.89. The Morgan fingerprint density at radius 1 is 1.47 bits per heavy atom. The summed E-state index contributed by atoms with van der Waals surface area (Å²) < 4.78 is 2.20. The molecule has 0 spiro atoms. The van der Waals surface area contributed by atoms with Crippen LogP contribution >= 0.6 is 0 Å². The molecule has 2 aromatic heterocycles. The van der Waals surface area contributed by atoms with Crippen molar-refractivity contribution in [3.63, 3.8) is 0 Å².